The lowest BCUT2D eigenvalue weighted by Gasteiger charge is -2.15. The number of aliphatic carboxylic acids is 1. The van der Waals surface area contributed by atoms with E-state index < -0.39 is 17.9 Å². The molecule has 0 bridgehead atoms. The summed E-state index contributed by atoms with van der Waals surface area (Å²) in [7, 11) is 2.87. The third-order valence-corrected chi connectivity index (χ3v) is 2.65. The summed E-state index contributed by atoms with van der Waals surface area (Å²) >= 11 is 0. The van der Waals surface area contributed by atoms with Gasteiger partial charge in [0.05, 0.1) is 7.11 Å². The van der Waals surface area contributed by atoms with Gasteiger partial charge in [0.2, 0.25) is 5.88 Å². The van der Waals surface area contributed by atoms with Gasteiger partial charge < -0.3 is 19.9 Å². The Labute approximate surface area is 116 Å². The van der Waals surface area contributed by atoms with Crippen LogP contribution in [0.3, 0.4) is 0 Å². The van der Waals surface area contributed by atoms with Gasteiger partial charge in [-0.1, -0.05) is 0 Å². The molecule has 0 aliphatic rings. The van der Waals surface area contributed by atoms with Crippen LogP contribution < -0.4 is 10.1 Å². The summed E-state index contributed by atoms with van der Waals surface area (Å²) in [6.45, 7) is 2.00. The lowest BCUT2D eigenvalue weighted by atomic mass is 10.1. The van der Waals surface area contributed by atoms with Gasteiger partial charge in [-0.15, -0.1) is 0 Å². The summed E-state index contributed by atoms with van der Waals surface area (Å²) in [4.78, 5) is 27.2. The second-order valence-corrected chi connectivity index (χ2v) is 4.16. The van der Waals surface area contributed by atoms with E-state index in [9.17, 15) is 9.59 Å². The van der Waals surface area contributed by atoms with E-state index in [0.29, 0.717) is 5.69 Å². The van der Waals surface area contributed by atoms with Crippen molar-refractivity contribution in [2.24, 2.45) is 0 Å². The van der Waals surface area contributed by atoms with Crippen molar-refractivity contribution in [3.8, 4) is 5.88 Å². The molecule has 0 spiro atoms. The molecule has 0 aliphatic carbocycles. The number of nitrogens with one attached hydrogen (secondary N) is 1. The van der Waals surface area contributed by atoms with E-state index in [0.717, 1.165) is 0 Å². The Hall–Kier alpha value is -2.15. The number of rotatable bonds is 7. The fourth-order valence-electron chi connectivity index (χ4n) is 1.59. The predicted molar refractivity (Wildman–Crippen MR) is 70.9 cm³/mol. The number of carbonyl (C=O) groups is 2. The monoisotopic (exact) mass is 282 g/mol. The number of aromatic nitrogens is 1. The highest BCUT2D eigenvalue weighted by Gasteiger charge is 2.22. The Bertz CT molecular complexity index is 490. The standard InChI is InChI=1S/C13H18N2O5/c1-8-4-5-9(12(14-8)20-3)11(16)15-10(13(17)18)6-7-19-2/h4-5,10H,6-7H2,1-3H3,(H,15,16)(H,17,18). The molecule has 0 fully saturated rings. The highest BCUT2D eigenvalue weighted by molar-refractivity contribution is 5.98. The molecule has 0 saturated carbocycles. The summed E-state index contributed by atoms with van der Waals surface area (Å²) in [5.41, 5.74) is 0.898. The minimum atomic E-state index is -1.12. The molecule has 1 unspecified atom stereocenters. The number of carboxylic acids is 1. The summed E-state index contributed by atoms with van der Waals surface area (Å²) in [5, 5.41) is 11.5. The molecule has 1 atom stereocenters. The van der Waals surface area contributed by atoms with Crippen LogP contribution in [-0.4, -0.2) is 48.8 Å². The number of carboxylic acid groups (broad SMARTS) is 1. The minimum Gasteiger partial charge on any atom is -0.480 e. The molecule has 110 valence electrons. The van der Waals surface area contributed by atoms with Crippen molar-refractivity contribution in [1.29, 1.82) is 0 Å². The first kappa shape index (κ1) is 15.9. The van der Waals surface area contributed by atoms with Crippen molar-refractivity contribution >= 4 is 11.9 Å². The second-order valence-electron chi connectivity index (χ2n) is 4.16. The quantitative estimate of drug-likeness (QED) is 0.760. The number of methoxy groups -OCH3 is 2. The summed E-state index contributed by atoms with van der Waals surface area (Å²) < 4.78 is 9.85. The van der Waals surface area contributed by atoms with Crippen molar-refractivity contribution in [1.82, 2.24) is 10.3 Å². The third-order valence-electron chi connectivity index (χ3n) is 2.65. The predicted octanol–water partition coefficient (Wildman–Crippen LogP) is 0.618. The van der Waals surface area contributed by atoms with Crippen molar-refractivity contribution in [3.05, 3.63) is 23.4 Å². The molecule has 2 N–H and O–H groups in total. The maximum atomic E-state index is 12.1. The van der Waals surface area contributed by atoms with Crippen LogP contribution in [0.15, 0.2) is 12.1 Å². The maximum absolute atomic E-state index is 12.1. The molecule has 0 aromatic carbocycles. The molecular formula is C13H18N2O5. The van der Waals surface area contributed by atoms with Gasteiger partial charge in [0.25, 0.3) is 5.91 Å². The van der Waals surface area contributed by atoms with Crippen molar-refractivity contribution in [2.75, 3.05) is 20.8 Å². The molecule has 7 nitrogen and oxygen atoms in total. The van der Waals surface area contributed by atoms with Crippen LogP contribution >= 0.6 is 0 Å². The first-order chi connectivity index (χ1) is 9.49. The summed E-state index contributed by atoms with van der Waals surface area (Å²) in [5.74, 6) is -1.49. The van der Waals surface area contributed by atoms with Gasteiger partial charge in [-0.05, 0) is 19.1 Å². The number of hydrogen-bond acceptors (Lipinski definition) is 5. The van der Waals surface area contributed by atoms with E-state index in [1.165, 1.54) is 14.2 Å². The molecule has 1 heterocycles. The zero-order chi connectivity index (χ0) is 15.1. The van der Waals surface area contributed by atoms with E-state index in [2.05, 4.69) is 10.3 Å². The van der Waals surface area contributed by atoms with E-state index in [4.69, 9.17) is 14.6 Å². The molecule has 7 heteroatoms. The molecule has 1 aromatic rings. The second kappa shape index (κ2) is 7.44. The van der Waals surface area contributed by atoms with Crippen LogP contribution in [-0.2, 0) is 9.53 Å². The first-order valence-corrected chi connectivity index (χ1v) is 6.03. The van der Waals surface area contributed by atoms with Crippen LogP contribution in [0.1, 0.15) is 22.5 Å². The molecule has 1 rings (SSSR count). The fraction of sp³-hybridized carbons (Fsp3) is 0.462. The number of hydrogen-bond donors (Lipinski definition) is 2. The zero-order valence-electron chi connectivity index (χ0n) is 11.7. The van der Waals surface area contributed by atoms with E-state index in [1.807, 2.05) is 0 Å². The average molecular weight is 282 g/mol. The van der Waals surface area contributed by atoms with E-state index >= 15 is 0 Å². The van der Waals surface area contributed by atoms with Crippen molar-refractivity contribution in [2.45, 2.75) is 19.4 Å². The van der Waals surface area contributed by atoms with Gasteiger partial charge in [0.1, 0.15) is 11.6 Å². The SMILES string of the molecule is COCCC(NC(=O)c1ccc(C)nc1OC)C(=O)O. The number of aryl methyl sites for hydroxylation is 1. The molecule has 1 aromatic heterocycles. The van der Waals surface area contributed by atoms with Gasteiger partial charge >= 0.3 is 5.97 Å². The largest absolute Gasteiger partial charge is 0.480 e. The fourth-order valence-corrected chi connectivity index (χ4v) is 1.59. The number of nitrogens with zero attached hydrogens (tertiary/aromatic N) is 1. The average Bonchev–Trinajstić information content (AvgIpc) is 2.42. The van der Waals surface area contributed by atoms with Gasteiger partial charge in [-0.3, -0.25) is 4.79 Å². The summed E-state index contributed by atoms with van der Waals surface area (Å²) in [6, 6.07) is 2.18. The van der Waals surface area contributed by atoms with Crippen LogP contribution in [0.4, 0.5) is 0 Å². The molecule has 1 amide bonds. The Morgan fingerprint density at radius 1 is 1.40 bits per heavy atom. The Balaban J connectivity index is 2.86. The number of amides is 1. The van der Waals surface area contributed by atoms with Gasteiger partial charge in [0, 0.05) is 25.8 Å². The minimum absolute atomic E-state index is 0.165. The molecule has 0 aliphatic heterocycles. The number of ether oxygens (including phenoxy) is 2. The van der Waals surface area contributed by atoms with Gasteiger partial charge in [-0.25, -0.2) is 9.78 Å². The highest BCUT2D eigenvalue weighted by Crippen LogP contribution is 2.15. The van der Waals surface area contributed by atoms with E-state index in [1.54, 1.807) is 19.1 Å². The van der Waals surface area contributed by atoms with Crippen molar-refractivity contribution in [3.63, 3.8) is 0 Å². The van der Waals surface area contributed by atoms with Crippen LogP contribution in [0.5, 0.6) is 5.88 Å². The summed E-state index contributed by atoms with van der Waals surface area (Å²) in [6.07, 6.45) is 0.180. The highest BCUT2D eigenvalue weighted by atomic mass is 16.5. The normalized spacial score (nSPS) is 11.8. The molecule has 20 heavy (non-hydrogen) atoms. The van der Waals surface area contributed by atoms with Crippen LogP contribution in [0.25, 0.3) is 0 Å². The first-order valence-electron chi connectivity index (χ1n) is 6.03. The smallest absolute Gasteiger partial charge is 0.326 e. The van der Waals surface area contributed by atoms with Gasteiger partial charge in [0.15, 0.2) is 0 Å². The molecule has 0 saturated heterocycles. The Morgan fingerprint density at radius 3 is 2.65 bits per heavy atom. The van der Waals surface area contributed by atoms with Crippen LogP contribution in [0, 0.1) is 6.92 Å². The zero-order valence-corrected chi connectivity index (χ0v) is 11.7. The number of pyridine rings is 1. The van der Waals surface area contributed by atoms with E-state index in [-0.39, 0.29) is 24.5 Å². The molecular weight excluding hydrogens is 264 g/mol. The van der Waals surface area contributed by atoms with Crippen molar-refractivity contribution < 1.29 is 24.2 Å². The van der Waals surface area contributed by atoms with Crippen LogP contribution in [0.2, 0.25) is 0 Å². The molecule has 0 radical (unpaired) electrons. The lowest BCUT2D eigenvalue weighted by molar-refractivity contribution is -0.139. The Morgan fingerprint density at radius 2 is 2.10 bits per heavy atom. The topological polar surface area (TPSA) is 97.8 Å². The third kappa shape index (κ3) is 4.20. The lowest BCUT2D eigenvalue weighted by Crippen LogP contribution is -2.41. The van der Waals surface area contributed by atoms with Gasteiger partial charge in [-0.2, -0.15) is 0 Å². The Kier molecular flexibility index (Phi) is 5.92. The maximum Gasteiger partial charge on any atom is 0.326 e. The number of carbonyl (C=O) groups excluding carboxylic acids is 1.